The first-order chi connectivity index (χ1) is 13.9. The normalized spacial score (nSPS) is 11.1. The van der Waals surface area contributed by atoms with Crippen molar-refractivity contribution >= 4 is 39.8 Å². The number of benzene rings is 1. The fourth-order valence-corrected chi connectivity index (χ4v) is 4.14. The molecule has 0 aliphatic heterocycles. The third-order valence-corrected chi connectivity index (χ3v) is 5.93. The fourth-order valence-electron chi connectivity index (χ4n) is 2.51. The molecule has 1 aromatic carbocycles. The molecule has 0 radical (unpaired) electrons. The van der Waals surface area contributed by atoms with Crippen molar-refractivity contribution in [2.45, 2.75) is 23.9 Å². The highest BCUT2D eigenvalue weighted by Gasteiger charge is 2.13. The summed E-state index contributed by atoms with van der Waals surface area (Å²) in [5.41, 5.74) is 1.39. The summed E-state index contributed by atoms with van der Waals surface area (Å²) in [4.78, 5) is 28.7. The molecule has 0 saturated heterocycles. The number of hydrogen-bond donors (Lipinski definition) is 1. The highest BCUT2D eigenvalue weighted by atomic mass is 32.2. The number of amides is 1. The highest BCUT2D eigenvalue weighted by molar-refractivity contribution is 8.00. The van der Waals surface area contributed by atoms with Gasteiger partial charge in [0.25, 0.3) is 11.5 Å². The van der Waals surface area contributed by atoms with Gasteiger partial charge >= 0.3 is 0 Å². The summed E-state index contributed by atoms with van der Waals surface area (Å²) in [5, 5.41) is 10.8. The highest BCUT2D eigenvalue weighted by Crippen LogP contribution is 2.28. The summed E-state index contributed by atoms with van der Waals surface area (Å²) in [5.74, 6) is 0.0885. The van der Waals surface area contributed by atoms with E-state index in [0.717, 1.165) is 4.57 Å². The maximum Gasteiger partial charge on any atom is 0.287 e. The molecule has 11 heteroatoms. The Labute approximate surface area is 171 Å². The summed E-state index contributed by atoms with van der Waals surface area (Å²) >= 11 is 2.52. The standard InChI is InChI=1S/C18H14FN5O3S2/c1-9-3-4-11(6-13(9)19)16(26)21-17-22-23-18(29-17)28-8-12-7-15(25)24-14(20-12)5-10(2)27-24/h3-7H,8H2,1-2H3,(H,21,22,26). The Hall–Kier alpha value is -3.05. The van der Waals surface area contributed by atoms with Crippen LogP contribution in [0.2, 0.25) is 0 Å². The van der Waals surface area contributed by atoms with E-state index < -0.39 is 11.7 Å². The number of hydrogen-bond acceptors (Lipinski definition) is 8. The number of nitrogens with one attached hydrogen (secondary N) is 1. The van der Waals surface area contributed by atoms with Crippen LogP contribution in [0.25, 0.3) is 5.65 Å². The molecule has 0 aliphatic carbocycles. The van der Waals surface area contributed by atoms with Crippen LogP contribution in [0.5, 0.6) is 0 Å². The molecule has 0 unspecified atom stereocenters. The predicted molar refractivity (Wildman–Crippen MR) is 107 cm³/mol. The zero-order valence-corrected chi connectivity index (χ0v) is 16.9. The number of nitrogens with zero attached hydrogens (tertiary/aromatic N) is 4. The summed E-state index contributed by atoms with van der Waals surface area (Å²) in [6.45, 7) is 3.37. The van der Waals surface area contributed by atoms with E-state index in [1.165, 1.54) is 35.2 Å². The maximum absolute atomic E-state index is 13.6. The number of thioether (sulfide) groups is 1. The van der Waals surface area contributed by atoms with Crippen LogP contribution in [0.15, 0.2) is 44.0 Å². The van der Waals surface area contributed by atoms with E-state index in [4.69, 9.17) is 4.52 Å². The Morgan fingerprint density at radius 3 is 2.90 bits per heavy atom. The molecule has 0 bridgehead atoms. The van der Waals surface area contributed by atoms with Crippen molar-refractivity contribution in [2.75, 3.05) is 5.32 Å². The number of aryl methyl sites for hydroxylation is 2. The van der Waals surface area contributed by atoms with Gasteiger partial charge in [-0.15, -0.1) is 14.8 Å². The third kappa shape index (κ3) is 4.20. The van der Waals surface area contributed by atoms with Crippen LogP contribution in [-0.4, -0.2) is 25.7 Å². The van der Waals surface area contributed by atoms with Crippen LogP contribution in [0.4, 0.5) is 9.52 Å². The minimum Gasteiger partial charge on any atom is -0.375 e. The lowest BCUT2D eigenvalue weighted by atomic mass is 10.1. The molecule has 3 heterocycles. The summed E-state index contributed by atoms with van der Waals surface area (Å²) in [6.07, 6.45) is 0. The number of rotatable bonds is 5. The second-order valence-electron chi connectivity index (χ2n) is 6.16. The molecule has 0 fully saturated rings. The number of halogens is 1. The van der Waals surface area contributed by atoms with E-state index in [9.17, 15) is 14.0 Å². The van der Waals surface area contributed by atoms with Crippen molar-refractivity contribution in [1.82, 2.24) is 19.8 Å². The van der Waals surface area contributed by atoms with Gasteiger partial charge in [0.2, 0.25) is 5.13 Å². The summed E-state index contributed by atoms with van der Waals surface area (Å²) in [7, 11) is 0. The Balaban J connectivity index is 1.42. The Bertz CT molecular complexity index is 1280. The van der Waals surface area contributed by atoms with Crippen molar-refractivity contribution in [3.05, 3.63) is 69.1 Å². The molecule has 1 N–H and O–H groups in total. The van der Waals surface area contributed by atoms with Crippen LogP contribution in [0.1, 0.15) is 27.4 Å². The van der Waals surface area contributed by atoms with Crippen LogP contribution in [-0.2, 0) is 5.75 Å². The van der Waals surface area contributed by atoms with E-state index in [0.29, 0.717) is 37.9 Å². The molecule has 4 aromatic rings. The van der Waals surface area contributed by atoms with Crippen LogP contribution in [0, 0.1) is 19.7 Å². The molecule has 0 atom stereocenters. The van der Waals surface area contributed by atoms with E-state index in [-0.39, 0.29) is 11.1 Å². The Morgan fingerprint density at radius 2 is 2.10 bits per heavy atom. The molecule has 4 rings (SSSR count). The minimum absolute atomic E-state index is 0.200. The Kier molecular flexibility index (Phi) is 5.16. The predicted octanol–water partition coefficient (Wildman–Crippen LogP) is 3.44. The lowest BCUT2D eigenvalue weighted by Gasteiger charge is -2.02. The molecule has 0 saturated carbocycles. The first kappa shape index (κ1) is 19.3. The second-order valence-corrected chi connectivity index (χ2v) is 8.36. The van der Waals surface area contributed by atoms with Gasteiger partial charge in [0.1, 0.15) is 11.6 Å². The first-order valence-corrected chi connectivity index (χ1v) is 10.2. The van der Waals surface area contributed by atoms with E-state index >= 15 is 0 Å². The molecule has 0 aliphatic rings. The third-order valence-electron chi connectivity index (χ3n) is 3.93. The van der Waals surface area contributed by atoms with E-state index in [1.54, 1.807) is 32.0 Å². The van der Waals surface area contributed by atoms with Crippen LogP contribution in [0.3, 0.4) is 0 Å². The SMILES string of the molecule is Cc1cc2nc(CSc3nnc(NC(=O)c4ccc(C)c(F)c4)s3)cc(=O)n2o1. The lowest BCUT2D eigenvalue weighted by molar-refractivity contribution is 0.102. The van der Waals surface area contributed by atoms with Crippen molar-refractivity contribution in [2.24, 2.45) is 0 Å². The second kappa shape index (κ2) is 7.76. The quantitative estimate of drug-likeness (QED) is 0.381. The van der Waals surface area contributed by atoms with Gasteiger partial charge in [0, 0.05) is 23.4 Å². The van der Waals surface area contributed by atoms with Gasteiger partial charge in [0.05, 0.1) is 5.69 Å². The molecular formula is C18H14FN5O3S2. The monoisotopic (exact) mass is 431 g/mol. The van der Waals surface area contributed by atoms with Crippen molar-refractivity contribution in [1.29, 1.82) is 0 Å². The molecule has 148 valence electrons. The van der Waals surface area contributed by atoms with Crippen molar-refractivity contribution in [3.8, 4) is 0 Å². The number of carbonyl (C=O) groups excluding carboxylic acids is 1. The smallest absolute Gasteiger partial charge is 0.287 e. The molecular weight excluding hydrogens is 417 g/mol. The number of aromatic nitrogens is 4. The summed E-state index contributed by atoms with van der Waals surface area (Å²) < 4.78 is 20.6. The van der Waals surface area contributed by atoms with E-state index in [1.807, 2.05) is 0 Å². The van der Waals surface area contributed by atoms with Crippen molar-refractivity contribution in [3.63, 3.8) is 0 Å². The van der Waals surface area contributed by atoms with Gasteiger partial charge in [-0.25, -0.2) is 9.37 Å². The zero-order valence-electron chi connectivity index (χ0n) is 15.3. The van der Waals surface area contributed by atoms with Gasteiger partial charge in [0.15, 0.2) is 9.99 Å². The van der Waals surface area contributed by atoms with Crippen LogP contribution < -0.4 is 10.9 Å². The lowest BCUT2D eigenvalue weighted by Crippen LogP contribution is -2.12. The average Bonchev–Trinajstić information content (AvgIpc) is 3.28. The molecule has 1 amide bonds. The number of fused-ring (bicyclic) bond motifs is 1. The number of anilines is 1. The molecule has 8 nitrogen and oxygen atoms in total. The van der Waals surface area contributed by atoms with E-state index in [2.05, 4.69) is 20.5 Å². The van der Waals surface area contributed by atoms with Gasteiger partial charge < -0.3 is 4.52 Å². The minimum atomic E-state index is -0.466. The first-order valence-electron chi connectivity index (χ1n) is 8.42. The average molecular weight is 431 g/mol. The molecule has 3 aromatic heterocycles. The zero-order chi connectivity index (χ0) is 20.5. The van der Waals surface area contributed by atoms with Crippen LogP contribution >= 0.6 is 23.1 Å². The molecule has 29 heavy (non-hydrogen) atoms. The Morgan fingerprint density at radius 1 is 1.28 bits per heavy atom. The maximum atomic E-state index is 13.6. The van der Waals surface area contributed by atoms with Gasteiger partial charge in [-0.3, -0.25) is 14.9 Å². The van der Waals surface area contributed by atoms with Gasteiger partial charge in [-0.05, 0) is 31.5 Å². The van der Waals surface area contributed by atoms with Gasteiger partial charge in [-0.2, -0.15) is 0 Å². The number of carbonyl (C=O) groups is 1. The topological polar surface area (TPSA) is 102 Å². The van der Waals surface area contributed by atoms with Gasteiger partial charge in [-0.1, -0.05) is 29.2 Å². The summed E-state index contributed by atoms with van der Waals surface area (Å²) in [6, 6.07) is 7.35. The van der Waals surface area contributed by atoms with Crippen molar-refractivity contribution < 1.29 is 13.7 Å². The largest absolute Gasteiger partial charge is 0.375 e. The fraction of sp³-hybridized carbons (Fsp3) is 0.167. The molecule has 0 spiro atoms.